The van der Waals surface area contributed by atoms with Gasteiger partial charge in [-0.3, -0.25) is 4.79 Å². The van der Waals surface area contributed by atoms with Crippen LogP contribution < -0.4 is 10.1 Å². The molecule has 21 heavy (non-hydrogen) atoms. The molecular weight excluding hydrogens is 288 g/mol. The number of benzene rings is 2. The van der Waals surface area contributed by atoms with Gasteiger partial charge in [0.05, 0.1) is 12.8 Å². The average molecular weight is 301 g/mol. The van der Waals surface area contributed by atoms with Gasteiger partial charge in [-0.15, -0.1) is 0 Å². The van der Waals surface area contributed by atoms with E-state index < -0.39 is 0 Å². The molecule has 0 aliphatic carbocycles. The predicted molar refractivity (Wildman–Crippen MR) is 84.3 cm³/mol. The van der Waals surface area contributed by atoms with E-state index in [0.717, 1.165) is 10.9 Å². The molecule has 0 atom stereocenters. The fourth-order valence-electron chi connectivity index (χ4n) is 2.17. The smallest absolute Gasteiger partial charge is 0.255 e. The fraction of sp³-hybridized carbons (Fsp3) is 0.0625. The Morgan fingerprint density at radius 1 is 1.19 bits per heavy atom. The number of fused-ring (bicyclic) bond motifs is 1. The molecule has 2 aromatic carbocycles. The molecule has 4 nitrogen and oxygen atoms in total. The molecular formula is C16H13ClN2O2. The quantitative estimate of drug-likeness (QED) is 0.765. The molecule has 3 aromatic rings. The average Bonchev–Trinajstić information content (AvgIpc) is 2.94. The van der Waals surface area contributed by atoms with Crippen LogP contribution in [0, 0.1) is 0 Å². The minimum absolute atomic E-state index is 0.210. The molecule has 0 unspecified atom stereocenters. The highest BCUT2D eigenvalue weighted by Crippen LogP contribution is 2.28. The zero-order valence-electron chi connectivity index (χ0n) is 11.3. The van der Waals surface area contributed by atoms with Crippen LogP contribution in [0.5, 0.6) is 5.75 Å². The van der Waals surface area contributed by atoms with Crippen molar-refractivity contribution in [1.29, 1.82) is 0 Å². The standard InChI is InChI=1S/C16H13ClN2O2/c1-21-15-5-3-12(17)9-14(15)19-16(20)11-2-4-13-10(8-11)6-7-18-13/h2-9,18H,1H3,(H,19,20). The number of rotatable bonds is 3. The summed E-state index contributed by atoms with van der Waals surface area (Å²) >= 11 is 5.96. The Hall–Kier alpha value is -2.46. The summed E-state index contributed by atoms with van der Waals surface area (Å²) in [5.74, 6) is 0.356. The Kier molecular flexibility index (Phi) is 3.54. The van der Waals surface area contributed by atoms with Crippen LogP contribution >= 0.6 is 11.6 Å². The molecule has 2 N–H and O–H groups in total. The Balaban J connectivity index is 1.90. The van der Waals surface area contributed by atoms with E-state index in [2.05, 4.69) is 10.3 Å². The van der Waals surface area contributed by atoms with Crippen LogP contribution in [0.3, 0.4) is 0 Å². The van der Waals surface area contributed by atoms with Gasteiger partial charge >= 0.3 is 0 Å². The summed E-state index contributed by atoms with van der Waals surface area (Å²) in [7, 11) is 1.55. The normalized spacial score (nSPS) is 10.6. The van der Waals surface area contributed by atoms with E-state index in [1.54, 1.807) is 31.4 Å². The topological polar surface area (TPSA) is 54.1 Å². The lowest BCUT2D eigenvalue weighted by molar-refractivity contribution is 0.102. The third-order valence-electron chi connectivity index (χ3n) is 3.23. The van der Waals surface area contributed by atoms with Crippen molar-refractivity contribution < 1.29 is 9.53 Å². The molecule has 0 radical (unpaired) electrons. The summed E-state index contributed by atoms with van der Waals surface area (Å²) in [6, 6.07) is 12.5. The van der Waals surface area contributed by atoms with Gasteiger partial charge in [0.1, 0.15) is 5.75 Å². The van der Waals surface area contributed by atoms with Crippen molar-refractivity contribution in [2.45, 2.75) is 0 Å². The number of ether oxygens (including phenoxy) is 1. The highest BCUT2D eigenvalue weighted by Gasteiger charge is 2.11. The number of carbonyl (C=O) groups is 1. The monoisotopic (exact) mass is 300 g/mol. The number of nitrogens with one attached hydrogen (secondary N) is 2. The molecule has 1 heterocycles. The van der Waals surface area contributed by atoms with E-state index in [9.17, 15) is 4.79 Å². The molecule has 0 spiro atoms. The summed E-state index contributed by atoms with van der Waals surface area (Å²) in [6.07, 6.45) is 1.84. The van der Waals surface area contributed by atoms with Crippen molar-refractivity contribution >= 4 is 34.1 Å². The summed E-state index contributed by atoms with van der Waals surface area (Å²) in [6.45, 7) is 0. The van der Waals surface area contributed by atoms with Gasteiger partial charge in [-0.05, 0) is 42.5 Å². The molecule has 0 saturated heterocycles. The Morgan fingerprint density at radius 3 is 2.86 bits per heavy atom. The fourth-order valence-corrected chi connectivity index (χ4v) is 2.34. The molecule has 5 heteroatoms. The first-order valence-electron chi connectivity index (χ1n) is 6.39. The first-order valence-corrected chi connectivity index (χ1v) is 6.77. The second-order valence-electron chi connectivity index (χ2n) is 4.58. The van der Waals surface area contributed by atoms with Gasteiger partial charge in [-0.2, -0.15) is 0 Å². The van der Waals surface area contributed by atoms with E-state index in [1.807, 2.05) is 24.4 Å². The van der Waals surface area contributed by atoms with Gasteiger partial charge in [0, 0.05) is 27.7 Å². The Labute approximate surface area is 126 Å². The molecule has 0 saturated carbocycles. The summed E-state index contributed by atoms with van der Waals surface area (Å²) < 4.78 is 5.22. The molecule has 106 valence electrons. The lowest BCUT2D eigenvalue weighted by atomic mass is 10.1. The molecule has 0 bridgehead atoms. The van der Waals surface area contributed by atoms with Crippen molar-refractivity contribution in [2.75, 3.05) is 12.4 Å². The van der Waals surface area contributed by atoms with Gasteiger partial charge in [0.25, 0.3) is 5.91 Å². The largest absolute Gasteiger partial charge is 0.495 e. The van der Waals surface area contributed by atoms with Gasteiger partial charge in [-0.25, -0.2) is 0 Å². The van der Waals surface area contributed by atoms with Gasteiger partial charge in [0.15, 0.2) is 0 Å². The van der Waals surface area contributed by atoms with Crippen molar-refractivity contribution in [3.8, 4) is 5.75 Å². The molecule has 0 aliphatic rings. The van der Waals surface area contributed by atoms with E-state index in [1.165, 1.54) is 0 Å². The van der Waals surface area contributed by atoms with Crippen LogP contribution in [-0.2, 0) is 0 Å². The van der Waals surface area contributed by atoms with Crippen molar-refractivity contribution in [2.24, 2.45) is 0 Å². The molecule has 3 rings (SSSR count). The zero-order chi connectivity index (χ0) is 14.8. The van der Waals surface area contributed by atoms with E-state index >= 15 is 0 Å². The van der Waals surface area contributed by atoms with Crippen molar-refractivity contribution in [3.63, 3.8) is 0 Å². The van der Waals surface area contributed by atoms with E-state index in [0.29, 0.717) is 22.0 Å². The van der Waals surface area contributed by atoms with Gasteiger partial charge in [0.2, 0.25) is 0 Å². The summed E-state index contributed by atoms with van der Waals surface area (Å²) in [4.78, 5) is 15.4. The van der Waals surface area contributed by atoms with E-state index in [4.69, 9.17) is 16.3 Å². The number of carbonyl (C=O) groups excluding carboxylic acids is 1. The van der Waals surface area contributed by atoms with E-state index in [-0.39, 0.29) is 5.91 Å². The number of anilines is 1. The van der Waals surface area contributed by atoms with Crippen LogP contribution in [-0.4, -0.2) is 18.0 Å². The van der Waals surface area contributed by atoms with Crippen LogP contribution in [0.2, 0.25) is 5.02 Å². The second kappa shape index (κ2) is 5.50. The Bertz CT molecular complexity index is 811. The highest BCUT2D eigenvalue weighted by molar-refractivity contribution is 6.31. The number of H-pyrrole nitrogens is 1. The number of halogens is 1. The van der Waals surface area contributed by atoms with Gasteiger partial charge < -0.3 is 15.0 Å². The zero-order valence-corrected chi connectivity index (χ0v) is 12.1. The number of aromatic amines is 1. The van der Waals surface area contributed by atoms with Crippen molar-refractivity contribution in [3.05, 3.63) is 59.2 Å². The first-order chi connectivity index (χ1) is 10.2. The maximum Gasteiger partial charge on any atom is 0.255 e. The number of aromatic nitrogens is 1. The summed E-state index contributed by atoms with van der Waals surface area (Å²) in [5, 5.41) is 4.34. The van der Waals surface area contributed by atoms with Crippen LogP contribution in [0.4, 0.5) is 5.69 Å². The highest BCUT2D eigenvalue weighted by atomic mass is 35.5. The SMILES string of the molecule is COc1ccc(Cl)cc1NC(=O)c1ccc2[nH]ccc2c1. The number of hydrogen-bond acceptors (Lipinski definition) is 2. The maximum atomic E-state index is 12.3. The Morgan fingerprint density at radius 2 is 2.05 bits per heavy atom. The third-order valence-corrected chi connectivity index (χ3v) is 3.46. The van der Waals surface area contributed by atoms with Crippen LogP contribution in [0.15, 0.2) is 48.7 Å². The number of methoxy groups -OCH3 is 1. The minimum atomic E-state index is -0.210. The minimum Gasteiger partial charge on any atom is -0.495 e. The van der Waals surface area contributed by atoms with Crippen molar-refractivity contribution in [1.82, 2.24) is 4.98 Å². The number of amides is 1. The second-order valence-corrected chi connectivity index (χ2v) is 5.01. The van der Waals surface area contributed by atoms with Gasteiger partial charge in [-0.1, -0.05) is 11.6 Å². The molecule has 0 fully saturated rings. The lowest BCUT2D eigenvalue weighted by Crippen LogP contribution is -2.12. The van der Waals surface area contributed by atoms with Crippen LogP contribution in [0.25, 0.3) is 10.9 Å². The predicted octanol–water partition coefficient (Wildman–Crippen LogP) is 4.08. The maximum absolute atomic E-state index is 12.3. The first kappa shape index (κ1) is 13.5. The number of hydrogen-bond donors (Lipinski definition) is 2. The summed E-state index contributed by atoms with van der Waals surface area (Å²) in [5.41, 5.74) is 2.11. The van der Waals surface area contributed by atoms with Crippen LogP contribution in [0.1, 0.15) is 10.4 Å². The molecule has 0 aliphatic heterocycles. The third kappa shape index (κ3) is 2.71. The lowest BCUT2D eigenvalue weighted by Gasteiger charge is -2.10. The molecule has 1 aromatic heterocycles. The molecule has 1 amide bonds.